The Kier molecular flexibility index (Phi) is 6.34. The van der Waals surface area contributed by atoms with Crippen LogP contribution in [-0.2, 0) is 14.3 Å². The lowest BCUT2D eigenvalue weighted by Crippen LogP contribution is -2.31. The highest BCUT2D eigenvalue weighted by atomic mass is 35.5. The molecular weight excluding hydrogens is 392 g/mol. The van der Waals surface area contributed by atoms with Crippen molar-refractivity contribution in [2.45, 2.75) is 25.9 Å². The van der Waals surface area contributed by atoms with Gasteiger partial charge in [0.25, 0.3) is 5.91 Å². The van der Waals surface area contributed by atoms with E-state index in [0.717, 1.165) is 22.1 Å². The molecule has 150 valence electrons. The summed E-state index contributed by atoms with van der Waals surface area (Å²) >= 11 is 5.93. The summed E-state index contributed by atoms with van der Waals surface area (Å²) in [5.41, 5.74) is 1.16. The molecule has 3 aromatic rings. The summed E-state index contributed by atoms with van der Waals surface area (Å²) in [6, 6.07) is 14.7. The van der Waals surface area contributed by atoms with Crippen LogP contribution in [0, 0.1) is 0 Å². The van der Waals surface area contributed by atoms with Gasteiger partial charge in [0, 0.05) is 6.20 Å². The van der Waals surface area contributed by atoms with E-state index in [1.54, 1.807) is 26.2 Å². The third-order valence-electron chi connectivity index (χ3n) is 4.60. The maximum atomic E-state index is 12.6. The summed E-state index contributed by atoms with van der Waals surface area (Å²) in [5, 5.41) is 4.77. The molecule has 0 aliphatic rings. The third-order valence-corrected chi connectivity index (χ3v) is 4.91. The van der Waals surface area contributed by atoms with Crippen LogP contribution in [0.1, 0.15) is 25.3 Å². The van der Waals surface area contributed by atoms with Crippen LogP contribution in [0.2, 0.25) is 5.15 Å². The number of anilines is 1. The van der Waals surface area contributed by atoms with E-state index in [0.29, 0.717) is 5.69 Å². The summed E-state index contributed by atoms with van der Waals surface area (Å²) in [7, 11) is 1.62. The van der Waals surface area contributed by atoms with Gasteiger partial charge in [0.1, 0.15) is 5.75 Å². The third kappa shape index (κ3) is 4.84. The Hall–Kier alpha value is -3.12. The van der Waals surface area contributed by atoms with Crippen molar-refractivity contribution in [3.05, 3.63) is 65.4 Å². The Morgan fingerprint density at radius 3 is 2.52 bits per heavy atom. The van der Waals surface area contributed by atoms with Crippen LogP contribution < -0.4 is 10.1 Å². The Balaban J connectivity index is 1.67. The fraction of sp³-hybridized carbons (Fsp3) is 0.227. The molecule has 0 radical (unpaired) electrons. The minimum atomic E-state index is -0.981. The van der Waals surface area contributed by atoms with Crippen LogP contribution in [0.4, 0.5) is 5.69 Å². The summed E-state index contributed by atoms with van der Waals surface area (Å²) in [4.78, 5) is 28.8. The number of hydrogen-bond donors (Lipinski definition) is 1. The number of methoxy groups -OCH3 is 1. The van der Waals surface area contributed by atoms with Crippen molar-refractivity contribution in [2.24, 2.45) is 0 Å². The highest BCUT2D eigenvalue weighted by molar-refractivity contribution is 6.32. The highest BCUT2D eigenvalue weighted by Crippen LogP contribution is 2.26. The summed E-state index contributed by atoms with van der Waals surface area (Å²) in [5.74, 6) is -0.728. The molecule has 6 nitrogen and oxygen atoms in total. The lowest BCUT2D eigenvalue weighted by atomic mass is 9.98. The molecular formula is C22H21ClN2O4. The molecule has 7 heteroatoms. The van der Waals surface area contributed by atoms with Crippen molar-refractivity contribution in [3.63, 3.8) is 0 Å². The molecule has 3 rings (SSSR count). The zero-order chi connectivity index (χ0) is 21.0. The maximum Gasteiger partial charge on any atom is 0.313 e. The van der Waals surface area contributed by atoms with Crippen molar-refractivity contribution in [2.75, 3.05) is 12.4 Å². The second-order valence-corrected chi connectivity index (χ2v) is 6.96. The van der Waals surface area contributed by atoms with Gasteiger partial charge in [-0.2, -0.15) is 0 Å². The van der Waals surface area contributed by atoms with Gasteiger partial charge in [-0.1, -0.05) is 35.9 Å². The molecule has 0 bridgehead atoms. The number of rotatable bonds is 6. The number of benzene rings is 2. The number of pyridine rings is 1. The fourth-order valence-corrected chi connectivity index (χ4v) is 2.98. The topological polar surface area (TPSA) is 77.5 Å². The molecule has 0 fully saturated rings. The minimum Gasteiger partial charge on any atom is -0.497 e. The fourth-order valence-electron chi connectivity index (χ4n) is 2.82. The van der Waals surface area contributed by atoms with Crippen molar-refractivity contribution in [1.29, 1.82) is 0 Å². The first-order valence-corrected chi connectivity index (χ1v) is 9.46. The zero-order valence-corrected chi connectivity index (χ0v) is 17.1. The van der Waals surface area contributed by atoms with Crippen LogP contribution in [-0.4, -0.2) is 30.1 Å². The maximum absolute atomic E-state index is 12.6. The zero-order valence-electron chi connectivity index (χ0n) is 16.3. The first kappa shape index (κ1) is 20.6. The lowest BCUT2D eigenvalue weighted by molar-refractivity contribution is -0.154. The molecule has 0 aliphatic heterocycles. The van der Waals surface area contributed by atoms with Gasteiger partial charge >= 0.3 is 5.97 Å². The SMILES string of the molecule is COc1ccc2cc([C@H](C)C(=O)O[C@@H](C)C(=O)Nc3cccnc3Cl)ccc2c1. The van der Waals surface area contributed by atoms with Crippen LogP contribution in [0.3, 0.4) is 0 Å². The van der Waals surface area contributed by atoms with E-state index in [4.69, 9.17) is 21.1 Å². The molecule has 2 aromatic carbocycles. The molecule has 0 saturated heterocycles. The second-order valence-electron chi connectivity index (χ2n) is 6.60. The lowest BCUT2D eigenvalue weighted by Gasteiger charge is -2.17. The van der Waals surface area contributed by atoms with E-state index >= 15 is 0 Å². The molecule has 0 aliphatic carbocycles. The number of carbonyl (C=O) groups is 2. The van der Waals surface area contributed by atoms with E-state index in [2.05, 4.69) is 10.3 Å². The van der Waals surface area contributed by atoms with Gasteiger partial charge in [-0.3, -0.25) is 9.59 Å². The summed E-state index contributed by atoms with van der Waals surface area (Å²) in [6.45, 7) is 3.26. The number of hydrogen-bond acceptors (Lipinski definition) is 5. The van der Waals surface area contributed by atoms with Crippen molar-refractivity contribution < 1.29 is 19.1 Å². The minimum absolute atomic E-state index is 0.167. The molecule has 0 spiro atoms. The van der Waals surface area contributed by atoms with Gasteiger partial charge < -0.3 is 14.8 Å². The molecule has 2 atom stereocenters. The smallest absolute Gasteiger partial charge is 0.313 e. The molecule has 0 saturated carbocycles. The predicted molar refractivity (Wildman–Crippen MR) is 112 cm³/mol. The van der Waals surface area contributed by atoms with Crippen LogP contribution >= 0.6 is 11.6 Å². The van der Waals surface area contributed by atoms with Gasteiger partial charge in [0.2, 0.25) is 0 Å². The predicted octanol–water partition coefficient (Wildman–Crippen LogP) is 4.57. The Labute approximate surface area is 173 Å². The number of nitrogens with one attached hydrogen (secondary N) is 1. The highest BCUT2D eigenvalue weighted by Gasteiger charge is 2.24. The van der Waals surface area contributed by atoms with Crippen molar-refractivity contribution in [1.82, 2.24) is 4.98 Å². The number of carbonyl (C=O) groups excluding carboxylic acids is 2. The van der Waals surface area contributed by atoms with E-state index in [1.165, 1.54) is 13.1 Å². The first-order chi connectivity index (χ1) is 13.9. The average Bonchev–Trinajstić information content (AvgIpc) is 2.73. The molecule has 29 heavy (non-hydrogen) atoms. The molecule has 1 heterocycles. The number of ether oxygens (including phenoxy) is 2. The monoisotopic (exact) mass is 412 g/mol. The van der Waals surface area contributed by atoms with Crippen LogP contribution in [0.15, 0.2) is 54.7 Å². The molecule has 1 N–H and O–H groups in total. The van der Waals surface area contributed by atoms with E-state index in [1.807, 2.05) is 36.4 Å². The first-order valence-electron chi connectivity index (χ1n) is 9.08. The van der Waals surface area contributed by atoms with Crippen LogP contribution in [0.5, 0.6) is 5.75 Å². The summed E-state index contributed by atoms with van der Waals surface area (Å²) < 4.78 is 10.6. The van der Waals surface area contributed by atoms with Gasteiger partial charge in [-0.15, -0.1) is 0 Å². The van der Waals surface area contributed by atoms with E-state index in [9.17, 15) is 9.59 Å². The standard InChI is InChI=1S/C22H21ClN2O4/c1-13(15-6-7-17-12-18(28-3)9-8-16(17)11-15)22(27)29-14(2)21(26)25-19-5-4-10-24-20(19)23/h4-14H,1-3H3,(H,25,26)/t13-,14-/m0/s1. The van der Waals surface area contributed by atoms with Gasteiger partial charge in [-0.05, 0) is 54.4 Å². The second kappa shape index (κ2) is 8.92. The largest absolute Gasteiger partial charge is 0.497 e. The normalized spacial score (nSPS) is 12.8. The Morgan fingerprint density at radius 1 is 1.07 bits per heavy atom. The number of fused-ring (bicyclic) bond motifs is 1. The number of nitrogens with zero attached hydrogens (tertiary/aromatic N) is 1. The van der Waals surface area contributed by atoms with Crippen molar-refractivity contribution >= 4 is 39.9 Å². The number of halogens is 1. The van der Waals surface area contributed by atoms with Crippen molar-refractivity contribution in [3.8, 4) is 5.75 Å². The van der Waals surface area contributed by atoms with Gasteiger partial charge in [0.05, 0.1) is 18.7 Å². The van der Waals surface area contributed by atoms with Gasteiger partial charge in [0.15, 0.2) is 11.3 Å². The van der Waals surface area contributed by atoms with E-state index < -0.39 is 23.9 Å². The number of esters is 1. The van der Waals surface area contributed by atoms with E-state index in [-0.39, 0.29) is 5.15 Å². The summed E-state index contributed by atoms with van der Waals surface area (Å²) in [6.07, 6.45) is 0.536. The quantitative estimate of drug-likeness (QED) is 0.474. The molecule has 1 aromatic heterocycles. The average molecular weight is 413 g/mol. The Bertz CT molecular complexity index is 1050. The molecule has 1 amide bonds. The molecule has 0 unspecified atom stereocenters. The van der Waals surface area contributed by atoms with Gasteiger partial charge in [-0.25, -0.2) is 4.98 Å². The number of aromatic nitrogens is 1. The Morgan fingerprint density at radius 2 is 1.79 bits per heavy atom. The van der Waals surface area contributed by atoms with Crippen LogP contribution in [0.25, 0.3) is 10.8 Å². The number of amides is 1.